The largest absolute Gasteiger partial charge is 0.469 e. The zero-order chi connectivity index (χ0) is 15.4. The van der Waals surface area contributed by atoms with Gasteiger partial charge >= 0.3 is 11.9 Å². The quantitative estimate of drug-likeness (QED) is 0.764. The standard InChI is InChI=1S/C14H20N2O5/c1-9-6-11(15-21-9)8-16-5-4-10(13(17)19-2)7-12(16)14(18)20-3/h6,10,12H,4-5,7-8H2,1-3H3/t10-,12-/m1/s1. The van der Waals surface area contributed by atoms with Gasteiger partial charge in [0.2, 0.25) is 0 Å². The number of esters is 2. The van der Waals surface area contributed by atoms with Crippen LogP contribution in [0.1, 0.15) is 24.3 Å². The van der Waals surface area contributed by atoms with Gasteiger partial charge in [0.1, 0.15) is 11.8 Å². The van der Waals surface area contributed by atoms with Crippen molar-refractivity contribution in [2.75, 3.05) is 20.8 Å². The van der Waals surface area contributed by atoms with Gasteiger partial charge in [-0.25, -0.2) is 0 Å². The van der Waals surface area contributed by atoms with Crippen LogP contribution < -0.4 is 0 Å². The molecule has 21 heavy (non-hydrogen) atoms. The Morgan fingerprint density at radius 3 is 2.67 bits per heavy atom. The highest BCUT2D eigenvalue weighted by Crippen LogP contribution is 2.26. The Hall–Kier alpha value is -1.89. The molecular weight excluding hydrogens is 276 g/mol. The molecule has 1 saturated heterocycles. The van der Waals surface area contributed by atoms with E-state index in [1.807, 2.05) is 17.9 Å². The number of hydrogen-bond donors (Lipinski definition) is 0. The van der Waals surface area contributed by atoms with E-state index in [-0.39, 0.29) is 17.9 Å². The van der Waals surface area contributed by atoms with E-state index in [2.05, 4.69) is 5.16 Å². The summed E-state index contributed by atoms with van der Waals surface area (Å²) in [6.07, 6.45) is 1.05. The van der Waals surface area contributed by atoms with Crippen molar-refractivity contribution in [2.24, 2.45) is 5.92 Å². The first kappa shape index (κ1) is 15.5. The summed E-state index contributed by atoms with van der Waals surface area (Å²) in [6, 6.07) is 1.37. The van der Waals surface area contributed by atoms with Crippen molar-refractivity contribution in [3.05, 3.63) is 17.5 Å². The smallest absolute Gasteiger partial charge is 0.323 e. The number of nitrogens with zero attached hydrogens (tertiary/aromatic N) is 2. The van der Waals surface area contributed by atoms with Crippen LogP contribution in [0.2, 0.25) is 0 Å². The number of piperidine rings is 1. The highest BCUT2D eigenvalue weighted by atomic mass is 16.5. The fourth-order valence-electron chi connectivity index (χ4n) is 2.67. The fourth-order valence-corrected chi connectivity index (χ4v) is 2.67. The maximum Gasteiger partial charge on any atom is 0.323 e. The highest BCUT2D eigenvalue weighted by molar-refractivity contribution is 5.78. The first-order chi connectivity index (χ1) is 10.0. The average Bonchev–Trinajstić information content (AvgIpc) is 2.91. The minimum Gasteiger partial charge on any atom is -0.469 e. The van der Waals surface area contributed by atoms with E-state index in [4.69, 9.17) is 14.0 Å². The van der Waals surface area contributed by atoms with Crippen molar-refractivity contribution in [2.45, 2.75) is 32.4 Å². The molecule has 7 nitrogen and oxygen atoms in total. The van der Waals surface area contributed by atoms with Crippen molar-refractivity contribution in [1.82, 2.24) is 10.1 Å². The Labute approximate surface area is 123 Å². The molecular formula is C14H20N2O5. The Balaban J connectivity index is 2.09. The second kappa shape index (κ2) is 6.71. The molecule has 0 spiro atoms. The predicted molar refractivity (Wildman–Crippen MR) is 72.2 cm³/mol. The lowest BCUT2D eigenvalue weighted by atomic mass is 9.90. The zero-order valence-electron chi connectivity index (χ0n) is 12.5. The molecule has 1 aliphatic rings. The summed E-state index contributed by atoms with van der Waals surface area (Å²) in [4.78, 5) is 25.6. The average molecular weight is 296 g/mol. The maximum absolute atomic E-state index is 12.0. The van der Waals surface area contributed by atoms with Crippen LogP contribution in [0.3, 0.4) is 0 Å². The van der Waals surface area contributed by atoms with Crippen LogP contribution in [0.25, 0.3) is 0 Å². The van der Waals surface area contributed by atoms with Crippen molar-refractivity contribution >= 4 is 11.9 Å². The summed E-state index contributed by atoms with van der Waals surface area (Å²) >= 11 is 0. The van der Waals surface area contributed by atoms with Crippen molar-refractivity contribution in [3.8, 4) is 0 Å². The topological polar surface area (TPSA) is 81.9 Å². The van der Waals surface area contributed by atoms with E-state index in [0.29, 0.717) is 25.9 Å². The van der Waals surface area contributed by atoms with Crippen molar-refractivity contribution in [3.63, 3.8) is 0 Å². The maximum atomic E-state index is 12.0. The first-order valence-corrected chi connectivity index (χ1v) is 6.87. The zero-order valence-corrected chi connectivity index (χ0v) is 12.5. The third kappa shape index (κ3) is 3.60. The van der Waals surface area contributed by atoms with Crippen LogP contribution in [0.5, 0.6) is 0 Å². The number of aromatic nitrogens is 1. The second-order valence-electron chi connectivity index (χ2n) is 5.18. The fraction of sp³-hybridized carbons (Fsp3) is 0.643. The molecule has 1 aliphatic heterocycles. The first-order valence-electron chi connectivity index (χ1n) is 6.87. The van der Waals surface area contributed by atoms with Crippen LogP contribution in [0, 0.1) is 12.8 Å². The molecule has 0 amide bonds. The van der Waals surface area contributed by atoms with Gasteiger partial charge in [-0.05, 0) is 19.8 Å². The summed E-state index contributed by atoms with van der Waals surface area (Å²) in [6.45, 7) is 2.91. The summed E-state index contributed by atoms with van der Waals surface area (Å²) < 4.78 is 14.7. The third-order valence-corrected chi connectivity index (χ3v) is 3.76. The Kier molecular flexibility index (Phi) is 4.95. The molecule has 0 aliphatic carbocycles. The molecule has 0 N–H and O–H groups in total. The van der Waals surface area contributed by atoms with Gasteiger partial charge in [0, 0.05) is 19.2 Å². The number of hydrogen-bond acceptors (Lipinski definition) is 7. The van der Waals surface area contributed by atoms with E-state index in [9.17, 15) is 9.59 Å². The molecule has 2 atom stereocenters. The molecule has 2 rings (SSSR count). The van der Waals surface area contributed by atoms with Gasteiger partial charge in [0.25, 0.3) is 0 Å². The van der Waals surface area contributed by atoms with Crippen LogP contribution in [0.15, 0.2) is 10.6 Å². The van der Waals surface area contributed by atoms with Gasteiger partial charge in [-0.2, -0.15) is 0 Å². The van der Waals surface area contributed by atoms with Gasteiger partial charge in [-0.3, -0.25) is 14.5 Å². The van der Waals surface area contributed by atoms with E-state index < -0.39 is 6.04 Å². The molecule has 1 fully saturated rings. The van der Waals surface area contributed by atoms with Gasteiger partial charge in [-0.15, -0.1) is 0 Å². The van der Waals surface area contributed by atoms with E-state index in [1.54, 1.807) is 0 Å². The highest BCUT2D eigenvalue weighted by Gasteiger charge is 2.37. The monoisotopic (exact) mass is 296 g/mol. The van der Waals surface area contributed by atoms with Crippen LogP contribution in [0.4, 0.5) is 0 Å². The number of methoxy groups -OCH3 is 2. The summed E-state index contributed by atoms with van der Waals surface area (Å²) in [5, 5.41) is 3.94. The molecule has 1 aromatic rings. The molecule has 7 heteroatoms. The molecule has 1 aromatic heterocycles. The summed E-state index contributed by atoms with van der Waals surface area (Å²) in [5.41, 5.74) is 0.762. The normalized spacial score (nSPS) is 22.8. The van der Waals surface area contributed by atoms with Gasteiger partial charge in [0.15, 0.2) is 0 Å². The second-order valence-corrected chi connectivity index (χ2v) is 5.18. The number of ether oxygens (including phenoxy) is 2. The number of carbonyl (C=O) groups is 2. The summed E-state index contributed by atoms with van der Waals surface area (Å²) in [5.74, 6) is -0.164. The van der Waals surface area contributed by atoms with Gasteiger partial charge in [-0.1, -0.05) is 5.16 Å². The third-order valence-electron chi connectivity index (χ3n) is 3.76. The molecule has 2 heterocycles. The number of carbonyl (C=O) groups excluding carboxylic acids is 2. The lowest BCUT2D eigenvalue weighted by Gasteiger charge is -2.36. The molecule has 0 bridgehead atoms. The van der Waals surface area contributed by atoms with Gasteiger partial charge in [0.05, 0.1) is 25.8 Å². The van der Waals surface area contributed by atoms with Crippen LogP contribution in [-0.2, 0) is 25.6 Å². The SMILES string of the molecule is COC(=O)[C@@H]1CCN(Cc2cc(C)on2)[C@@H](C(=O)OC)C1. The van der Waals surface area contributed by atoms with Crippen molar-refractivity contribution in [1.29, 1.82) is 0 Å². The Bertz CT molecular complexity index is 513. The number of aryl methyl sites for hydroxylation is 1. The lowest BCUT2D eigenvalue weighted by Crippen LogP contribution is -2.48. The molecule has 0 unspecified atom stereocenters. The number of rotatable bonds is 4. The number of likely N-dealkylation sites (tertiary alicyclic amines) is 1. The van der Waals surface area contributed by atoms with Gasteiger partial charge < -0.3 is 14.0 Å². The minimum absolute atomic E-state index is 0.269. The molecule has 116 valence electrons. The van der Waals surface area contributed by atoms with Crippen LogP contribution >= 0.6 is 0 Å². The van der Waals surface area contributed by atoms with E-state index >= 15 is 0 Å². The summed E-state index contributed by atoms with van der Waals surface area (Å²) in [7, 11) is 2.71. The minimum atomic E-state index is -0.468. The Morgan fingerprint density at radius 1 is 1.38 bits per heavy atom. The molecule has 0 aromatic carbocycles. The van der Waals surface area contributed by atoms with E-state index in [0.717, 1.165) is 11.5 Å². The van der Waals surface area contributed by atoms with Crippen molar-refractivity contribution < 1.29 is 23.6 Å². The molecule has 0 radical (unpaired) electrons. The molecule has 0 saturated carbocycles. The van der Waals surface area contributed by atoms with E-state index in [1.165, 1.54) is 14.2 Å². The van der Waals surface area contributed by atoms with Crippen LogP contribution in [-0.4, -0.2) is 48.8 Å². The Morgan fingerprint density at radius 2 is 2.10 bits per heavy atom. The predicted octanol–water partition coefficient (Wildman–Crippen LogP) is 0.910. The lowest BCUT2D eigenvalue weighted by molar-refractivity contribution is -0.154.